The fourth-order valence-corrected chi connectivity index (χ4v) is 6.38. The van der Waals surface area contributed by atoms with E-state index in [2.05, 4.69) is 47.1 Å². The summed E-state index contributed by atoms with van der Waals surface area (Å²) in [6.07, 6.45) is 10.8. The zero-order valence-corrected chi connectivity index (χ0v) is 29.8. The summed E-state index contributed by atoms with van der Waals surface area (Å²) < 4.78 is 0. The molecule has 0 radical (unpaired) electrons. The molecule has 1 fully saturated rings. The maximum atomic E-state index is 13.9. The molecule has 2 rings (SSSR count). The molecule has 0 aliphatic heterocycles. The lowest BCUT2D eigenvalue weighted by Crippen LogP contribution is -2.56. The van der Waals surface area contributed by atoms with Crippen LogP contribution in [0.1, 0.15) is 97.0 Å². The highest BCUT2D eigenvalue weighted by atomic mass is 16.3. The monoisotopic (exact) mass is 664 g/mol. The molecule has 0 aromatic heterocycles. The van der Waals surface area contributed by atoms with Crippen LogP contribution in [-0.2, 0) is 20.8 Å². The normalized spacial score (nSPS) is 16.4. The van der Waals surface area contributed by atoms with Gasteiger partial charge in [0, 0.05) is 39.4 Å². The second kappa shape index (κ2) is 23.1. The van der Waals surface area contributed by atoms with Crippen molar-refractivity contribution < 1.29 is 24.6 Å². The zero-order chi connectivity index (χ0) is 35.3. The van der Waals surface area contributed by atoms with Crippen LogP contribution in [0.15, 0.2) is 30.3 Å². The lowest BCUT2D eigenvalue weighted by Gasteiger charge is -2.33. The molecular weight excluding hydrogens is 604 g/mol. The van der Waals surface area contributed by atoms with E-state index in [4.69, 9.17) is 6.42 Å². The smallest absolute Gasteiger partial charge is 0.243 e. The minimum absolute atomic E-state index is 0.00383. The fourth-order valence-electron chi connectivity index (χ4n) is 6.38. The fraction of sp³-hybridized carbons (Fsp3) is 0.667. The van der Waals surface area contributed by atoms with Gasteiger partial charge in [0.25, 0.3) is 0 Å². The minimum atomic E-state index is -1.18. The molecule has 9 nitrogen and oxygen atoms in total. The van der Waals surface area contributed by atoms with Crippen LogP contribution in [0, 0.1) is 36.0 Å². The number of nitrogens with one attached hydrogen (secondary N) is 2. The molecule has 1 aromatic rings. The van der Waals surface area contributed by atoms with Gasteiger partial charge in [0.1, 0.15) is 6.04 Å². The van der Waals surface area contributed by atoms with Crippen molar-refractivity contribution in [3.8, 4) is 24.2 Å². The summed E-state index contributed by atoms with van der Waals surface area (Å²) in [5.74, 6) is 6.90. The quantitative estimate of drug-likeness (QED) is 0.117. The average molecular weight is 665 g/mol. The highest BCUT2D eigenvalue weighted by molar-refractivity contribution is 5.91. The number of unbranched alkanes of at least 4 members (excludes halogenated alkanes) is 1. The van der Waals surface area contributed by atoms with Crippen LogP contribution in [-0.4, -0.2) is 95.3 Å². The first-order valence-electron chi connectivity index (χ1n) is 17.9. The van der Waals surface area contributed by atoms with Crippen LogP contribution in [0.3, 0.4) is 0 Å². The molecule has 1 aliphatic rings. The van der Waals surface area contributed by atoms with Gasteiger partial charge < -0.3 is 30.6 Å². The van der Waals surface area contributed by atoms with Crippen molar-refractivity contribution in [3.05, 3.63) is 35.9 Å². The van der Waals surface area contributed by atoms with Crippen molar-refractivity contribution in [2.45, 2.75) is 122 Å². The average Bonchev–Trinajstić information content (AvgIpc) is 3.10. The number of likely N-dealkylation sites (N-methyl/N-ethyl adjacent to an activating group) is 2. The van der Waals surface area contributed by atoms with Gasteiger partial charge in [0.15, 0.2) is 0 Å². The molecule has 1 aromatic carbocycles. The third-order valence-corrected chi connectivity index (χ3v) is 9.57. The predicted octanol–water partition coefficient (Wildman–Crippen LogP) is 3.91. The lowest BCUT2D eigenvalue weighted by molar-refractivity contribution is -0.137. The van der Waals surface area contributed by atoms with E-state index in [9.17, 15) is 24.6 Å². The standard InChI is InChI=1S/C39H60N4O5/c1-6-10-14-24-35(44)37(46)34(28-31-21-17-13-18-22-31)41-39(48)33(23-11-7-2)40-38(47)32(27-30-19-15-12-16-20-30)29-36(45)42(5)25-26-43(8-3)9-4/h1,12,15-16,19-20,31-35,37,44,46H,8-10,13-14,17-18,21-29H2,2-5H3,(H,40,47)(H,41,48)/t32?,33-,34?,35?,37+/m0/s1. The number of hydrogen-bond donors (Lipinski definition) is 4. The summed E-state index contributed by atoms with van der Waals surface area (Å²) in [4.78, 5) is 45.0. The number of carbonyl (C=O) groups is 3. The number of rotatable bonds is 21. The molecule has 48 heavy (non-hydrogen) atoms. The van der Waals surface area contributed by atoms with E-state index in [1.807, 2.05) is 30.3 Å². The Bertz CT molecular complexity index is 1200. The second-order valence-electron chi connectivity index (χ2n) is 13.1. The Morgan fingerprint density at radius 2 is 1.69 bits per heavy atom. The van der Waals surface area contributed by atoms with Gasteiger partial charge in [0.2, 0.25) is 17.7 Å². The number of amides is 3. The van der Waals surface area contributed by atoms with Crippen LogP contribution in [0.4, 0.5) is 0 Å². The molecule has 0 saturated heterocycles. The molecule has 1 aliphatic carbocycles. The van der Waals surface area contributed by atoms with Crippen molar-refractivity contribution in [2.24, 2.45) is 11.8 Å². The Morgan fingerprint density at radius 1 is 1.00 bits per heavy atom. The highest BCUT2D eigenvalue weighted by Crippen LogP contribution is 2.29. The van der Waals surface area contributed by atoms with Crippen LogP contribution in [0.25, 0.3) is 0 Å². The molecule has 3 unspecified atom stereocenters. The number of hydrogen-bond acceptors (Lipinski definition) is 6. The first-order chi connectivity index (χ1) is 23.1. The second-order valence-corrected chi connectivity index (χ2v) is 13.1. The van der Waals surface area contributed by atoms with Crippen molar-refractivity contribution >= 4 is 17.7 Å². The molecule has 3 amide bonds. The van der Waals surface area contributed by atoms with E-state index in [0.717, 1.165) is 50.9 Å². The Balaban J connectivity index is 2.24. The van der Waals surface area contributed by atoms with Crippen molar-refractivity contribution in [1.82, 2.24) is 20.4 Å². The predicted molar refractivity (Wildman–Crippen MR) is 191 cm³/mol. The summed E-state index contributed by atoms with van der Waals surface area (Å²) in [6, 6.07) is 7.85. The van der Waals surface area contributed by atoms with Crippen LogP contribution < -0.4 is 10.6 Å². The van der Waals surface area contributed by atoms with Gasteiger partial charge >= 0.3 is 0 Å². The molecular formula is C39H60N4O5. The van der Waals surface area contributed by atoms with Gasteiger partial charge in [-0.3, -0.25) is 14.4 Å². The summed E-state index contributed by atoms with van der Waals surface area (Å²) in [7, 11) is 1.76. The zero-order valence-electron chi connectivity index (χ0n) is 29.8. The van der Waals surface area contributed by atoms with Gasteiger partial charge in [-0.1, -0.05) is 76.3 Å². The molecule has 0 heterocycles. The number of aliphatic hydroxyl groups is 2. The molecule has 1 saturated carbocycles. The number of carbonyl (C=O) groups excluding carboxylic acids is 3. The first kappa shape index (κ1) is 40.8. The molecule has 0 bridgehead atoms. The topological polar surface area (TPSA) is 122 Å². The Kier molecular flexibility index (Phi) is 19.6. The number of nitrogens with zero attached hydrogens (tertiary/aromatic N) is 2. The summed E-state index contributed by atoms with van der Waals surface area (Å²) >= 11 is 0. The SMILES string of the molecule is C#CCCCC(O)[C@H](O)C(CC1CCCCC1)NC(=O)[C@H](CC#CC)NC(=O)C(CC(=O)N(C)CCN(CC)CC)Cc1ccccc1. The van der Waals surface area contributed by atoms with E-state index in [0.29, 0.717) is 44.6 Å². The number of aliphatic hydroxyl groups excluding tert-OH is 2. The third kappa shape index (κ3) is 14.8. The van der Waals surface area contributed by atoms with E-state index in [1.165, 1.54) is 6.42 Å². The van der Waals surface area contributed by atoms with Crippen LogP contribution in [0.5, 0.6) is 0 Å². The van der Waals surface area contributed by atoms with Gasteiger partial charge in [-0.15, -0.1) is 24.2 Å². The first-order valence-corrected chi connectivity index (χ1v) is 17.9. The number of terminal acetylenes is 1. The maximum Gasteiger partial charge on any atom is 0.243 e. The molecule has 4 N–H and O–H groups in total. The van der Waals surface area contributed by atoms with Gasteiger partial charge in [0.05, 0.1) is 24.2 Å². The van der Waals surface area contributed by atoms with Crippen LogP contribution in [0.2, 0.25) is 0 Å². The van der Waals surface area contributed by atoms with Crippen LogP contribution >= 0.6 is 0 Å². The van der Waals surface area contributed by atoms with Gasteiger partial charge in [-0.25, -0.2) is 0 Å². The molecule has 266 valence electrons. The Hall–Kier alpha value is -3.37. The molecule has 5 atom stereocenters. The maximum absolute atomic E-state index is 13.9. The van der Waals surface area contributed by atoms with Crippen molar-refractivity contribution in [3.63, 3.8) is 0 Å². The largest absolute Gasteiger partial charge is 0.390 e. The van der Waals surface area contributed by atoms with Crippen molar-refractivity contribution in [2.75, 3.05) is 33.2 Å². The van der Waals surface area contributed by atoms with E-state index in [-0.39, 0.29) is 18.7 Å². The van der Waals surface area contributed by atoms with Crippen molar-refractivity contribution in [1.29, 1.82) is 0 Å². The molecule has 0 spiro atoms. The third-order valence-electron chi connectivity index (χ3n) is 9.57. The van der Waals surface area contributed by atoms with E-state index < -0.39 is 42.0 Å². The Labute approximate surface area is 289 Å². The summed E-state index contributed by atoms with van der Waals surface area (Å²) in [6.45, 7) is 8.93. The Morgan fingerprint density at radius 3 is 2.31 bits per heavy atom. The van der Waals surface area contributed by atoms with Gasteiger partial charge in [-0.05, 0) is 57.2 Å². The van der Waals surface area contributed by atoms with Gasteiger partial charge in [-0.2, -0.15) is 0 Å². The van der Waals surface area contributed by atoms with E-state index >= 15 is 0 Å². The number of benzene rings is 1. The molecule has 9 heteroatoms. The highest BCUT2D eigenvalue weighted by Gasteiger charge is 2.34. The van der Waals surface area contributed by atoms with E-state index in [1.54, 1.807) is 18.9 Å². The summed E-state index contributed by atoms with van der Waals surface area (Å²) in [5, 5.41) is 27.9. The lowest BCUT2D eigenvalue weighted by atomic mass is 9.82. The summed E-state index contributed by atoms with van der Waals surface area (Å²) in [5.41, 5.74) is 0.917. The minimum Gasteiger partial charge on any atom is -0.390 e.